The van der Waals surface area contributed by atoms with Gasteiger partial charge in [-0.1, -0.05) is 0 Å². The number of esters is 1. The predicted molar refractivity (Wildman–Crippen MR) is 55.1 cm³/mol. The second-order valence-electron chi connectivity index (χ2n) is 3.27. The summed E-state index contributed by atoms with van der Waals surface area (Å²) >= 11 is 0. The van der Waals surface area contributed by atoms with Crippen LogP contribution in [0.4, 0.5) is 0 Å². The van der Waals surface area contributed by atoms with E-state index in [0.29, 0.717) is 19.2 Å². The van der Waals surface area contributed by atoms with E-state index < -0.39 is 11.9 Å². The van der Waals surface area contributed by atoms with Crippen molar-refractivity contribution in [1.29, 1.82) is 0 Å². The molecule has 1 rings (SSSR count). The number of hydrogen-bond acceptors (Lipinski definition) is 5. The molecule has 0 atom stereocenters. The molecule has 0 radical (unpaired) electrons. The molecule has 0 aromatic carbocycles. The van der Waals surface area contributed by atoms with E-state index in [1.165, 1.54) is 4.90 Å². The Kier molecular flexibility index (Phi) is 5.15. The maximum absolute atomic E-state index is 11.3. The monoisotopic (exact) mass is 243 g/mol. The molecule has 0 aromatic rings. The molecule has 0 unspecified atom stereocenters. The number of aliphatic carboxylic acids is 1. The third-order valence-electron chi connectivity index (χ3n) is 2.05. The number of carboxylic acids is 1. The van der Waals surface area contributed by atoms with E-state index in [-0.39, 0.29) is 25.7 Å². The summed E-state index contributed by atoms with van der Waals surface area (Å²) in [5.74, 6) is -2.10. The maximum Gasteiger partial charge on any atom is 0.331 e. The number of carbonyl (C=O) groups excluding carboxylic acids is 2. The van der Waals surface area contributed by atoms with E-state index >= 15 is 0 Å². The fourth-order valence-corrected chi connectivity index (χ4v) is 1.23. The molecule has 17 heavy (non-hydrogen) atoms. The Hall–Kier alpha value is -1.89. The zero-order valence-electron chi connectivity index (χ0n) is 9.13. The van der Waals surface area contributed by atoms with Gasteiger partial charge in [0.05, 0.1) is 13.2 Å². The molecule has 0 spiro atoms. The number of rotatable bonds is 5. The van der Waals surface area contributed by atoms with Gasteiger partial charge in [-0.15, -0.1) is 0 Å². The lowest BCUT2D eigenvalue weighted by atomic mass is 10.4. The molecule has 7 nitrogen and oxygen atoms in total. The Bertz CT molecular complexity index is 338. The molecule has 1 N–H and O–H groups in total. The lowest BCUT2D eigenvalue weighted by molar-refractivity contribution is -0.147. The van der Waals surface area contributed by atoms with Crippen LogP contribution in [-0.4, -0.2) is 60.8 Å². The molecule has 94 valence electrons. The minimum Gasteiger partial charge on any atom is -0.478 e. The van der Waals surface area contributed by atoms with Crippen LogP contribution >= 0.6 is 0 Å². The normalized spacial score (nSPS) is 16.2. The van der Waals surface area contributed by atoms with Crippen molar-refractivity contribution in [2.75, 3.05) is 32.9 Å². The number of carbonyl (C=O) groups is 3. The molecular weight excluding hydrogens is 230 g/mol. The molecule has 1 fully saturated rings. The highest BCUT2D eigenvalue weighted by Crippen LogP contribution is 1.98. The van der Waals surface area contributed by atoms with E-state index in [1.54, 1.807) is 0 Å². The highest BCUT2D eigenvalue weighted by molar-refractivity contribution is 5.90. The number of morpholine rings is 1. The summed E-state index contributed by atoms with van der Waals surface area (Å²) in [6.07, 6.45) is 1.52. The van der Waals surface area contributed by atoms with Crippen molar-refractivity contribution in [1.82, 2.24) is 4.90 Å². The van der Waals surface area contributed by atoms with Crippen molar-refractivity contribution >= 4 is 17.8 Å². The van der Waals surface area contributed by atoms with Crippen LogP contribution in [0, 0.1) is 0 Å². The van der Waals surface area contributed by atoms with Gasteiger partial charge in [0.15, 0.2) is 0 Å². The highest BCUT2D eigenvalue weighted by atomic mass is 16.5. The molecule has 1 amide bonds. The van der Waals surface area contributed by atoms with Crippen molar-refractivity contribution < 1.29 is 29.0 Å². The first kappa shape index (κ1) is 13.2. The molecule has 0 saturated carbocycles. The quantitative estimate of drug-likeness (QED) is 0.493. The number of amides is 1. The van der Waals surface area contributed by atoms with Crippen LogP contribution in [0.15, 0.2) is 12.2 Å². The molecule has 0 bridgehead atoms. The first-order valence-corrected chi connectivity index (χ1v) is 5.03. The molecule has 0 aromatic heterocycles. The fraction of sp³-hybridized carbons (Fsp3) is 0.500. The number of hydrogen-bond donors (Lipinski definition) is 1. The molecule has 0 aliphatic carbocycles. The highest BCUT2D eigenvalue weighted by Gasteiger charge is 2.18. The first-order chi connectivity index (χ1) is 8.09. The van der Waals surface area contributed by atoms with Crippen molar-refractivity contribution in [2.24, 2.45) is 0 Å². The number of ether oxygens (including phenoxy) is 2. The van der Waals surface area contributed by atoms with Gasteiger partial charge in [0.1, 0.15) is 13.2 Å². The van der Waals surface area contributed by atoms with Crippen molar-refractivity contribution in [3.8, 4) is 0 Å². The Morgan fingerprint density at radius 1 is 1.47 bits per heavy atom. The predicted octanol–water partition coefficient (Wildman–Crippen LogP) is -0.971. The second kappa shape index (κ2) is 6.64. The third-order valence-corrected chi connectivity index (χ3v) is 2.05. The second-order valence-corrected chi connectivity index (χ2v) is 3.27. The van der Waals surface area contributed by atoms with Crippen LogP contribution in [0.2, 0.25) is 0 Å². The number of nitrogens with zero attached hydrogens (tertiary/aromatic N) is 1. The minimum atomic E-state index is -1.22. The summed E-state index contributed by atoms with van der Waals surface area (Å²) in [4.78, 5) is 33.9. The zero-order chi connectivity index (χ0) is 12.7. The molecule has 7 heteroatoms. The van der Waals surface area contributed by atoms with Crippen molar-refractivity contribution in [2.45, 2.75) is 0 Å². The molecule has 1 aliphatic rings. The summed E-state index contributed by atoms with van der Waals surface area (Å²) in [7, 11) is 0. The zero-order valence-corrected chi connectivity index (χ0v) is 9.13. The minimum absolute atomic E-state index is 0.0362. The van der Waals surface area contributed by atoms with Crippen LogP contribution in [0.1, 0.15) is 0 Å². The van der Waals surface area contributed by atoms with Crippen LogP contribution in [0.5, 0.6) is 0 Å². The summed E-state index contributed by atoms with van der Waals surface area (Å²) in [5, 5.41) is 8.27. The van der Waals surface area contributed by atoms with E-state index in [0.717, 1.165) is 6.08 Å². The van der Waals surface area contributed by atoms with Gasteiger partial charge in [0.25, 0.3) is 0 Å². The third kappa shape index (κ3) is 5.12. The molecule has 1 aliphatic heterocycles. The van der Waals surface area contributed by atoms with Crippen LogP contribution in [0.3, 0.4) is 0 Å². The smallest absolute Gasteiger partial charge is 0.331 e. The Morgan fingerprint density at radius 3 is 2.88 bits per heavy atom. The Balaban J connectivity index is 2.20. The largest absolute Gasteiger partial charge is 0.478 e. The number of carboxylic acid groups (broad SMARTS) is 1. The van der Waals surface area contributed by atoms with Crippen LogP contribution in [0.25, 0.3) is 0 Å². The van der Waals surface area contributed by atoms with Crippen LogP contribution < -0.4 is 0 Å². The lowest BCUT2D eigenvalue weighted by Gasteiger charge is -2.26. The summed E-state index contributed by atoms with van der Waals surface area (Å²) < 4.78 is 9.65. The van der Waals surface area contributed by atoms with Crippen molar-refractivity contribution in [3.63, 3.8) is 0 Å². The van der Waals surface area contributed by atoms with Gasteiger partial charge in [-0.2, -0.15) is 0 Å². The van der Waals surface area contributed by atoms with Crippen LogP contribution in [-0.2, 0) is 23.9 Å². The van der Waals surface area contributed by atoms with E-state index in [4.69, 9.17) is 14.6 Å². The summed E-state index contributed by atoms with van der Waals surface area (Å²) in [6.45, 7) is 1.32. The first-order valence-electron chi connectivity index (χ1n) is 5.03. The summed E-state index contributed by atoms with van der Waals surface area (Å²) in [6, 6.07) is 0. The van der Waals surface area contributed by atoms with Gasteiger partial charge in [-0.25, -0.2) is 9.59 Å². The van der Waals surface area contributed by atoms with Gasteiger partial charge in [-0.05, 0) is 0 Å². The van der Waals surface area contributed by atoms with E-state index in [1.807, 2.05) is 0 Å². The summed E-state index contributed by atoms with van der Waals surface area (Å²) in [5.41, 5.74) is 0. The van der Waals surface area contributed by atoms with Crippen molar-refractivity contribution in [3.05, 3.63) is 12.2 Å². The van der Waals surface area contributed by atoms with E-state index in [2.05, 4.69) is 0 Å². The Labute approximate surface area is 97.6 Å². The fourth-order valence-electron chi connectivity index (χ4n) is 1.23. The topological polar surface area (TPSA) is 93.1 Å². The van der Waals surface area contributed by atoms with Gasteiger partial charge in [0.2, 0.25) is 5.91 Å². The SMILES string of the molecule is O=C(O)C=CC(=O)OCCN1CCOCC1=O. The van der Waals surface area contributed by atoms with E-state index in [9.17, 15) is 14.4 Å². The molecular formula is C10H13NO6. The average Bonchev–Trinajstić information content (AvgIpc) is 2.29. The Morgan fingerprint density at radius 2 is 2.24 bits per heavy atom. The molecule has 1 heterocycles. The van der Waals surface area contributed by atoms with Gasteiger partial charge < -0.3 is 19.5 Å². The lowest BCUT2D eigenvalue weighted by Crippen LogP contribution is -2.43. The molecule has 1 saturated heterocycles. The van der Waals surface area contributed by atoms with Gasteiger partial charge >= 0.3 is 11.9 Å². The standard InChI is InChI=1S/C10H13NO6/c12-8-7-16-5-3-11(8)4-6-17-10(15)2-1-9(13)14/h1-2H,3-7H2,(H,13,14). The van der Waals surface area contributed by atoms with Gasteiger partial charge in [0, 0.05) is 18.7 Å². The van der Waals surface area contributed by atoms with Gasteiger partial charge in [-0.3, -0.25) is 4.79 Å². The maximum atomic E-state index is 11.3. The average molecular weight is 243 g/mol.